The molecule has 5 nitrogen and oxygen atoms in total. The van der Waals surface area contributed by atoms with Gasteiger partial charge in [0.2, 0.25) is 11.9 Å². The second-order valence-electron chi connectivity index (χ2n) is 7.57. The lowest BCUT2D eigenvalue weighted by molar-refractivity contribution is -0.136. The number of anilines is 1. The average molecular weight is 330 g/mol. The summed E-state index contributed by atoms with van der Waals surface area (Å²) in [6.07, 6.45) is 8.99. The summed E-state index contributed by atoms with van der Waals surface area (Å²) in [5, 5.41) is 0. The highest BCUT2D eigenvalue weighted by Crippen LogP contribution is 2.27. The molecule has 1 aromatic heterocycles. The molecular formula is C19H30N4O. The smallest absolute Gasteiger partial charge is 0.225 e. The molecule has 3 heterocycles. The van der Waals surface area contributed by atoms with Crippen LogP contribution in [0.25, 0.3) is 0 Å². The molecule has 0 bridgehead atoms. The lowest BCUT2D eigenvalue weighted by Crippen LogP contribution is -2.43. The van der Waals surface area contributed by atoms with Crippen LogP contribution in [0.4, 0.5) is 5.95 Å². The maximum atomic E-state index is 12.9. The van der Waals surface area contributed by atoms with E-state index in [1.165, 1.54) is 12.8 Å². The normalized spacial score (nSPS) is 23.4. The SMILES string of the molecule is CC(C)[C@@H]1CCCN(C(=O)C2CCN(c3ncccn3)CC2)CC1. The monoisotopic (exact) mass is 330 g/mol. The van der Waals surface area contributed by atoms with Gasteiger partial charge in [-0.25, -0.2) is 9.97 Å². The second-order valence-corrected chi connectivity index (χ2v) is 7.57. The Morgan fingerprint density at radius 2 is 1.75 bits per heavy atom. The Morgan fingerprint density at radius 3 is 2.42 bits per heavy atom. The van der Waals surface area contributed by atoms with Crippen molar-refractivity contribution >= 4 is 11.9 Å². The number of piperidine rings is 1. The van der Waals surface area contributed by atoms with Gasteiger partial charge in [0.25, 0.3) is 0 Å². The molecule has 0 aliphatic carbocycles. The van der Waals surface area contributed by atoms with Gasteiger partial charge in [0, 0.05) is 44.5 Å². The summed E-state index contributed by atoms with van der Waals surface area (Å²) in [6.45, 7) is 8.27. The van der Waals surface area contributed by atoms with Gasteiger partial charge in [-0.3, -0.25) is 4.79 Å². The lowest BCUT2D eigenvalue weighted by atomic mass is 9.89. The number of nitrogens with zero attached hydrogens (tertiary/aromatic N) is 4. The minimum Gasteiger partial charge on any atom is -0.342 e. The maximum Gasteiger partial charge on any atom is 0.225 e. The van der Waals surface area contributed by atoms with Crippen LogP contribution in [-0.2, 0) is 4.79 Å². The zero-order valence-corrected chi connectivity index (χ0v) is 15.0. The number of hydrogen-bond acceptors (Lipinski definition) is 4. The van der Waals surface area contributed by atoms with Gasteiger partial charge >= 0.3 is 0 Å². The fourth-order valence-electron chi connectivity index (χ4n) is 4.05. The van der Waals surface area contributed by atoms with Crippen LogP contribution in [0.1, 0.15) is 46.0 Å². The molecule has 3 rings (SSSR count). The molecule has 0 unspecified atom stereocenters. The van der Waals surface area contributed by atoms with Crippen molar-refractivity contribution in [3.05, 3.63) is 18.5 Å². The minimum absolute atomic E-state index is 0.181. The van der Waals surface area contributed by atoms with Gasteiger partial charge < -0.3 is 9.80 Å². The Balaban J connectivity index is 1.52. The van der Waals surface area contributed by atoms with Gasteiger partial charge in [0.1, 0.15) is 0 Å². The van der Waals surface area contributed by atoms with Gasteiger partial charge in [-0.2, -0.15) is 0 Å². The highest BCUT2D eigenvalue weighted by molar-refractivity contribution is 5.79. The van der Waals surface area contributed by atoms with Crippen molar-refractivity contribution in [2.24, 2.45) is 17.8 Å². The molecule has 132 valence electrons. The first-order chi connectivity index (χ1) is 11.6. The van der Waals surface area contributed by atoms with Crippen LogP contribution >= 0.6 is 0 Å². The van der Waals surface area contributed by atoms with E-state index in [4.69, 9.17) is 0 Å². The van der Waals surface area contributed by atoms with Gasteiger partial charge in [0.15, 0.2) is 0 Å². The van der Waals surface area contributed by atoms with E-state index in [0.29, 0.717) is 5.91 Å². The van der Waals surface area contributed by atoms with Crippen molar-refractivity contribution in [3.63, 3.8) is 0 Å². The van der Waals surface area contributed by atoms with Gasteiger partial charge in [0.05, 0.1) is 0 Å². The minimum atomic E-state index is 0.181. The van der Waals surface area contributed by atoms with E-state index in [1.54, 1.807) is 12.4 Å². The van der Waals surface area contributed by atoms with E-state index in [1.807, 2.05) is 6.07 Å². The number of carbonyl (C=O) groups is 1. The van der Waals surface area contributed by atoms with Crippen LogP contribution < -0.4 is 4.90 Å². The summed E-state index contributed by atoms with van der Waals surface area (Å²) >= 11 is 0. The summed E-state index contributed by atoms with van der Waals surface area (Å²) in [5.41, 5.74) is 0. The van der Waals surface area contributed by atoms with Crippen LogP contribution in [0.2, 0.25) is 0 Å². The van der Waals surface area contributed by atoms with Crippen molar-refractivity contribution in [3.8, 4) is 0 Å². The number of aromatic nitrogens is 2. The summed E-state index contributed by atoms with van der Waals surface area (Å²) in [5.74, 6) is 2.86. The predicted molar refractivity (Wildman–Crippen MR) is 95.7 cm³/mol. The van der Waals surface area contributed by atoms with E-state index in [-0.39, 0.29) is 5.92 Å². The molecule has 2 aliphatic rings. The summed E-state index contributed by atoms with van der Waals surface area (Å²) < 4.78 is 0. The van der Waals surface area contributed by atoms with Crippen molar-refractivity contribution in [1.29, 1.82) is 0 Å². The van der Waals surface area contributed by atoms with Crippen LogP contribution in [0, 0.1) is 17.8 Å². The average Bonchev–Trinajstić information content (AvgIpc) is 2.88. The molecule has 1 amide bonds. The Bertz CT molecular complexity index is 525. The Morgan fingerprint density at radius 1 is 1.04 bits per heavy atom. The highest BCUT2D eigenvalue weighted by Gasteiger charge is 2.30. The topological polar surface area (TPSA) is 49.3 Å². The van der Waals surface area contributed by atoms with E-state index >= 15 is 0 Å². The molecule has 0 saturated carbocycles. The molecule has 1 atom stereocenters. The number of amides is 1. The third-order valence-corrected chi connectivity index (χ3v) is 5.71. The number of hydrogen-bond donors (Lipinski definition) is 0. The van der Waals surface area contributed by atoms with Crippen molar-refractivity contribution < 1.29 is 4.79 Å². The molecule has 2 saturated heterocycles. The summed E-state index contributed by atoms with van der Waals surface area (Å²) in [7, 11) is 0. The second kappa shape index (κ2) is 7.95. The molecular weight excluding hydrogens is 300 g/mol. The zero-order chi connectivity index (χ0) is 16.9. The van der Waals surface area contributed by atoms with Gasteiger partial charge in [-0.15, -0.1) is 0 Å². The molecule has 5 heteroatoms. The van der Waals surface area contributed by atoms with Gasteiger partial charge in [-0.1, -0.05) is 13.8 Å². The third kappa shape index (κ3) is 4.05. The standard InChI is InChI=1S/C19H30N4O/c1-15(2)16-5-3-11-22(12-6-16)18(24)17-7-13-23(14-8-17)19-20-9-4-10-21-19/h4,9-10,15-17H,3,5-8,11-14H2,1-2H3/t16-/m1/s1. The first kappa shape index (κ1) is 17.2. The Labute approximate surface area is 145 Å². The van der Waals surface area contributed by atoms with E-state index in [9.17, 15) is 4.79 Å². The first-order valence-corrected chi connectivity index (χ1v) is 9.46. The van der Waals surface area contributed by atoms with Crippen LogP contribution in [0.15, 0.2) is 18.5 Å². The largest absolute Gasteiger partial charge is 0.342 e. The molecule has 2 aliphatic heterocycles. The van der Waals surface area contributed by atoms with Crippen LogP contribution in [-0.4, -0.2) is 47.0 Å². The Kier molecular flexibility index (Phi) is 5.69. The molecule has 0 spiro atoms. The highest BCUT2D eigenvalue weighted by atomic mass is 16.2. The fraction of sp³-hybridized carbons (Fsp3) is 0.737. The number of rotatable bonds is 3. The van der Waals surface area contributed by atoms with Crippen LogP contribution in [0.3, 0.4) is 0 Å². The number of carbonyl (C=O) groups excluding carboxylic acids is 1. The summed E-state index contributed by atoms with van der Waals surface area (Å²) in [4.78, 5) is 25.9. The number of likely N-dealkylation sites (tertiary alicyclic amines) is 1. The van der Waals surface area contributed by atoms with E-state index in [0.717, 1.165) is 63.2 Å². The molecule has 0 radical (unpaired) electrons. The molecule has 1 aromatic rings. The van der Waals surface area contributed by atoms with Crippen molar-refractivity contribution in [2.45, 2.75) is 46.0 Å². The van der Waals surface area contributed by atoms with Gasteiger partial charge in [-0.05, 0) is 50.0 Å². The summed E-state index contributed by atoms with van der Waals surface area (Å²) in [6, 6.07) is 1.84. The van der Waals surface area contributed by atoms with E-state index in [2.05, 4.69) is 33.6 Å². The fourth-order valence-corrected chi connectivity index (χ4v) is 4.05. The third-order valence-electron chi connectivity index (χ3n) is 5.71. The van der Waals surface area contributed by atoms with Crippen molar-refractivity contribution in [1.82, 2.24) is 14.9 Å². The first-order valence-electron chi connectivity index (χ1n) is 9.46. The molecule has 0 N–H and O–H groups in total. The lowest BCUT2D eigenvalue weighted by Gasteiger charge is -2.34. The zero-order valence-electron chi connectivity index (χ0n) is 15.0. The molecule has 24 heavy (non-hydrogen) atoms. The molecule has 0 aromatic carbocycles. The predicted octanol–water partition coefficient (Wildman–Crippen LogP) is 2.98. The van der Waals surface area contributed by atoms with Crippen molar-refractivity contribution in [2.75, 3.05) is 31.1 Å². The van der Waals surface area contributed by atoms with E-state index < -0.39 is 0 Å². The maximum absolute atomic E-state index is 12.9. The quantitative estimate of drug-likeness (QED) is 0.855. The Hall–Kier alpha value is -1.65. The van der Waals surface area contributed by atoms with Crippen LogP contribution in [0.5, 0.6) is 0 Å². The molecule has 2 fully saturated rings.